The van der Waals surface area contributed by atoms with Crippen molar-refractivity contribution in [2.45, 2.75) is 237 Å². The number of aliphatic hydroxyl groups excluding tert-OH is 12. The molecule has 3 amide bonds. The number of methoxy groups -OCH3 is 2. The van der Waals surface area contributed by atoms with Gasteiger partial charge in [-0.1, -0.05) is 110 Å². The monoisotopic (exact) mass is 1130 g/mol. The summed E-state index contributed by atoms with van der Waals surface area (Å²) in [5.74, 6) is -1.20. The van der Waals surface area contributed by atoms with Crippen molar-refractivity contribution in [2.24, 2.45) is 0 Å². The minimum atomic E-state index is -1.45. The highest BCUT2D eigenvalue weighted by Gasteiger charge is 2.46. The van der Waals surface area contributed by atoms with Crippen molar-refractivity contribution < 1.29 is 99.3 Å². The summed E-state index contributed by atoms with van der Waals surface area (Å²) in [6.07, 6.45) is 11.7. The molecular weight excluding hydrogens is 1020 g/mol. The van der Waals surface area contributed by atoms with Crippen LogP contribution in [-0.4, -0.2) is 218 Å². The highest BCUT2D eigenvalue weighted by molar-refractivity contribution is 5.74. The fourth-order valence-electron chi connectivity index (χ4n) is 6.68. The molecule has 15 atom stereocenters. The van der Waals surface area contributed by atoms with E-state index in [1.165, 1.54) is 106 Å². The molecule has 0 spiro atoms. The van der Waals surface area contributed by atoms with Gasteiger partial charge in [0.2, 0.25) is 17.7 Å². The van der Waals surface area contributed by atoms with E-state index < -0.39 is 118 Å². The van der Waals surface area contributed by atoms with Crippen LogP contribution in [0.5, 0.6) is 0 Å². The number of aliphatic hydroxyl groups is 12. The summed E-state index contributed by atoms with van der Waals surface area (Å²) >= 11 is 0. The number of hydrogen-bond acceptors (Lipinski definition) is 20. The fraction of sp³-hybridized carbons (Fsp3) is 0.800. The van der Waals surface area contributed by atoms with E-state index in [0.717, 1.165) is 25.7 Å². The van der Waals surface area contributed by atoms with Crippen LogP contribution in [0.4, 0.5) is 0 Å². The maximum atomic E-state index is 10.9. The van der Waals surface area contributed by atoms with Crippen LogP contribution in [0.3, 0.4) is 0 Å². The highest BCUT2D eigenvalue weighted by atomic mass is 16.7. The standard InChI is InChI=1S/2C9H17NO6.C8H15NO6.C7H16.2C6H12.2C5H10O/c2*1-4(12)10-6-8(14)7(13)5(3-11)16-9(6)15-2;1-3(11)9-5-7(13)6(12)4(2-10)15-8(5)14;1-3-5-7-6-4-2;2*1-3-5-6-4-2;2*1-2-3-4-5-6/h2*5-9,11,13-14H,3H2,1-2H3,(H,10,12);4-8,10,12-14H,2H2,1H3,(H,9,11);3-7H2,1-2H3;2*3H,1,4-6H2,2H3;2*2,6H,1,3-5H2/t2*5?,6?,7-,8-,9-;4?,5?,6-,7-,8?;;;;;/m111...../s1. The predicted octanol–water partition coefficient (Wildman–Crippen LogP) is 1.67. The molecule has 0 radical (unpaired) electrons. The second-order valence-electron chi connectivity index (χ2n) is 18.0. The molecule has 0 aromatic heterocycles. The van der Waals surface area contributed by atoms with Gasteiger partial charge in [0.15, 0.2) is 18.9 Å². The van der Waals surface area contributed by atoms with Gasteiger partial charge in [-0.2, -0.15) is 0 Å². The zero-order valence-corrected chi connectivity index (χ0v) is 48.6. The topological polar surface area (TPSA) is 376 Å². The first-order chi connectivity index (χ1) is 37.1. The largest absolute Gasteiger partial charge is 0.396 e. The van der Waals surface area contributed by atoms with Gasteiger partial charge in [-0.05, 0) is 38.5 Å². The Morgan fingerprint density at radius 3 is 0.910 bits per heavy atom. The maximum absolute atomic E-state index is 10.9. The van der Waals surface area contributed by atoms with Gasteiger partial charge in [0.1, 0.15) is 73.1 Å². The van der Waals surface area contributed by atoms with E-state index in [-0.39, 0.29) is 25.0 Å². The second kappa shape index (κ2) is 56.9. The molecular formula is C55H109N3O20. The average molecular weight is 1130 g/mol. The number of nitrogens with one attached hydrogen (secondary N) is 3. The van der Waals surface area contributed by atoms with E-state index in [0.29, 0.717) is 0 Å². The Balaban J connectivity index is -0.000000272. The predicted molar refractivity (Wildman–Crippen MR) is 299 cm³/mol. The number of ether oxygens (including phenoxy) is 5. The zero-order chi connectivity index (χ0) is 61.0. The number of unbranched alkanes of at least 4 members (excludes halogenated alkanes) is 10. The van der Waals surface area contributed by atoms with Crippen molar-refractivity contribution in [3.63, 3.8) is 0 Å². The van der Waals surface area contributed by atoms with E-state index in [1.807, 2.05) is 12.2 Å². The van der Waals surface area contributed by atoms with Crippen LogP contribution in [0, 0.1) is 0 Å². The fourth-order valence-corrected chi connectivity index (χ4v) is 6.68. The van der Waals surface area contributed by atoms with Gasteiger partial charge in [-0.3, -0.25) is 14.4 Å². The van der Waals surface area contributed by atoms with Crippen molar-refractivity contribution in [3.05, 3.63) is 50.6 Å². The molecule has 0 aliphatic carbocycles. The molecule has 15 N–H and O–H groups in total. The number of hydrogen-bond donors (Lipinski definition) is 15. The third-order valence-corrected chi connectivity index (χ3v) is 11.1. The molecule has 464 valence electrons. The summed E-state index contributed by atoms with van der Waals surface area (Å²) in [5, 5.41) is 117. The molecule has 3 heterocycles. The van der Waals surface area contributed by atoms with Gasteiger partial charge in [0.05, 0.1) is 19.8 Å². The van der Waals surface area contributed by atoms with E-state index in [9.17, 15) is 50.1 Å². The summed E-state index contributed by atoms with van der Waals surface area (Å²) in [6.45, 7) is 26.0. The second-order valence-corrected chi connectivity index (χ2v) is 18.0. The molecule has 3 saturated heterocycles. The Labute approximate surface area is 466 Å². The van der Waals surface area contributed by atoms with Crippen LogP contribution in [0.15, 0.2) is 50.6 Å². The van der Waals surface area contributed by atoms with Crippen molar-refractivity contribution >= 4 is 17.7 Å². The number of rotatable bonds is 24. The van der Waals surface area contributed by atoms with Gasteiger partial charge in [-0.25, -0.2) is 0 Å². The van der Waals surface area contributed by atoms with E-state index in [2.05, 4.69) is 70.0 Å². The number of allylic oxidation sites excluding steroid dienone is 4. The lowest BCUT2D eigenvalue weighted by Crippen LogP contribution is -2.64. The van der Waals surface area contributed by atoms with Gasteiger partial charge in [0.25, 0.3) is 0 Å². The third kappa shape index (κ3) is 41.7. The quantitative estimate of drug-likeness (QED) is 0.0483. The zero-order valence-electron chi connectivity index (χ0n) is 48.6. The summed E-state index contributed by atoms with van der Waals surface area (Å²) in [6, 6.07) is -2.82. The van der Waals surface area contributed by atoms with E-state index in [4.69, 9.17) is 49.2 Å². The molecule has 0 aromatic rings. The Morgan fingerprint density at radius 2 is 0.692 bits per heavy atom. The molecule has 3 aliphatic heterocycles. The third-order valence-electron chi connectivity index (χ3n) is 11.1. The molecule has 23 nitrogen and oxygen atoms in total. The molecule has 0 bridgehead atoms. The van der Waals surface area contributed by atoms with Crippen molar-refractivity contribution in [1.29, 1.82) is 0 Å². The minimum absolute atomic E-state index is 0.284. The summed E-state index contributed by atoms with van der Waals surface area (Å²) in [4.78, 5) is 32.6. The van der Waals surface area contributed by atoms with Crippen LogP contribution in [0.2, 0.25) is 0 Å². The van der Waals surface area contributed by atoms with Crippen molar-refractivity contribution in [3.8, 4) is 0 Å². The maximum Gasteiger partial charge on any atom is 0.217 e. The molecule has 7 unspecified atom stereocenters. The normalized spacial score (nSPS) is 27.5. The first-order valence-electron chi connectivity index (χ1n) is 27.1. The van der Waals surface area contributed by atoms with Crippen LogP contribution in [0.25, 0.3) is 0 Å². The van der Waals surface area contributed by atoms with Gasteiger partial charge >= 0.3 is 0 Å². The first-order valence-corrected chi connectivity index (χ1v) is 27.1. The number of carbonyl (C=O) groups excluding carboxylic acids is 3. The summed E-state index contributed by atoms with van der Waals surface area (Å²) in [5.41, 5.74) is 0. The minimum Gasteiger partial charge on any atom is -0.396 e. The lowest BCUT2D eigenvalue weighted by molar-refractivity contribution is -0.262. The number of amides is 3. The average Bonchev–Trinajstić information content (AvgIpc) is 3.42. The van der Waals surface area contributed by atoms with E-state index in [1.54, 1.807) is 12.2 Å². The summed E-state index contributed by atoms with van der Waals surface area (Å²) < 4.78 is 25.1. The lowest BCUT2D eigenvalue weighted by atomic mass is 9.97. The SMILES string of the molecule is C=CCCCC.C=CCCCC.C=CCCCO.C=CCCCO.CC(=O)NC1C(O)OC(CO)[C@@H](O)[C@@H]1O.CCCCCCC.CO[C@@H]1OC(CO)[C@@H](O)[C@H](O)C1NC(C)=O.CO[C@@H]1OC(CO)[C@@H](O)[C@H](O)C1NC(C)=O. The molecule has 23 heteroatoms. The van der Waals surface area contributed by atoms with Gasteiger partial charge in [0, 0.05) is 48.2 Å². The number of carbonyl (C=O) groups is 3. The van der Waals surface area contributed by atoms with Crippen molar-refractivity contribution in [1.82, 2.24) is 16.0 Å². The van der Waals surface area contributed by atoms with Gasteiger partial charge < -0.3 is 101 Å². The molecule has 0 aromatic carbocycles. The van der Waals surface area contributed by atoms with Crippen LogP contribution >= 0.6 is 0 Å². The molecule has 0 saturated carbocycles. The molecule has 3 rings (SSSR count). The van der Waals surface area contributed by atoms with Crippen LogP contribution in [-0.2, 0) is 38.1 Å². The first kappa shape index (κ1) is 83.5. The van der Waals surface area contributed by atoms with Gasteiger partial charge in [-0.15, -0.1) is 26.3 Å². The Kier molecular flexibility index (Phi) is 61.0. The van der Waals surface area contributed by atoms with E-state index >= 15 is 0 Å². The van der Waals surface area contributed by atoms with Crippen LogP contribution in [0.1, 0.15) is 145 Å². The Hall–Kier alpha value is -3.31. The molecule has 3 aliphatic rings. The Morgan fingerprint density at radius 1 is 0.423 bits per heavy atom. The lowest BCUT2D eigenvalue weighted by Gasteiger charge is -2.41. The Bertz CT molecular complexity index is 1330. The highest BCUT2D eigenvalue weighted by Crippen LogP contribution is 2.23. The molecule has 78 heavy (non-hydrogen) atoms. The van der Waals surface area contributed by atoms with Crippen molar-refractivity contribution in [2.75, 3.05) is 47.3 Å². The smallest absolute Gasteiger partial charge is 0.217 e. The van der Waals surface area contributed by atoms with Crippen LogP contribution < -0.4 is 16.0 Å². The summed E-state index contributed by atoms with van der Waals surface area (Å²) in [7, 11) is 2.69. The molecule has 3 fully saturated rings.